The summed E-state index contributed by atoms with van der Waals surface area (Å²) in [5.41, 5.74) is 2.37. The van der Waals surface area contributed by atoms with Crippen molar-refractivity contribution in [1.82, 2.24) is 5.32 Å². The highest BCUT2D eigenvalue weighted by Crippen LogP contribution is 2.16. The van der Waals surface area contributed by atoms with E-state index in [4.69, 9.17) is 9.47 Å². The normalized spacial score (nSPS) is 10.8. The minimum atomic E-state index is 0.210. The van der Waals surface area contributed by atoms with E-state index in [0.29, 0.717) is 0 Å². The van der Waals surface area contributed by atoms with Crippen molar-refractivity contribution >= 4 is 5.69 Å². The van der Waals surface area contributed by atoms with Crippen LogP contribution in [0.5, 0.6) is 11.5 Å². The maximum Gasteiger partial charge on any atom is 0.119 e. The third kappa shape index (κ3) is 7.79. The first kappa shape index (κ1) is 20.1. The van der Waals surface area contributed by atoms with Crippen molar-refractivity contribution in [2.75, 3.05) is 25.0 Å². The molecule has 2 N–H and O–H groups in total. The molecule has 0 fully saturated rings. The third-order valence-electron chi connectivity index (χ3n) is 3.88. The van der Waals surface area contributed by atoms with E-state index in [-0.39, 0.29) is 6.10 Å². The predicted octanol–water partition coefficient (Wildman–Crippen LogP) is 4.85. The van der Waals surface area contributed by atoms with Gasteiger partial charge in [-0.3, -0.25) is 0 Å². The van der Waals surface area contributed by atoms with Gasteiger partial charge in [-0.25, -0.2) is 0 Å². The molecule has 0 unspecified atom stereocenters. The molecule has 142 valence electrons. The number of hydrogen-bond acceptors (Lipinski definition) is 4. The molecule has 0 aliphatic rings. The van der Waals surface area contributed by atoms with Gasteiger partial charge in [0, 0.05) is 25.3 Å². The molecule has 0 spiro atoms. The van der Waals surface area contributed by atoms with Gasteiger partial charge in [0.25, 0.3) is 0 Å². The summed E-state index contributed by atoms with van der Waals surface area (Å²) >= 11 is 0. The van der Waals surface area contributed by atoms with Crippen LogP contribution in [0.4, 0.5) is 5.69 Å². The average molecular weight is 357 g/mol. The third-order valence-corrected chi connectivity index (χ3v) is 3.88. The number of benzene rings is 2. The van der Waals surface area contributed by atoms with E-state index in [2.05, 4.69) is 41.8 Å². The summed E-state index contributed by atoms with van der Waals surface area (Å²) < 4.78 is 11.3. The van der Waals surface area contributed by atoms with Crippen LogP contribution in [0.2, 0.25) is 0 Å². The van der Waals surface area contributed by atoms with E-state index in [1.807, 2.05) is 38.1 Å². The smallest absolute Gasteiger partial charge is 0.119 e. The van der Waals surface area contributed by atoms with Crippen LogP contribution >= 0.6 is 0 Å². The molecule has 2 rings (SSSR count). The largest absolute Gasteiger partial charge is 0.494 e. The van der Waals surface area contributed by atoms with Crippen molar-refractivity contribution in [1.29, 1.82) is 0 Å². The Hall–Kier alpha value is -2.20. The lowest BCUT2D eigenvalue weighted by Crippen LogP contribution is -2.21. The number of ether oxygens (including phenoxy) is 2. The van der Waals surface area contributed by atoms with Gasteiger partial charge < -0.3 is 20.1 Å². The van der Waals surface area contributed by atoms with Crippen LogP contribution in [0.3, 0.4) is 0 Å². The number of rotatable bonds is 12. The molecule has 0 radical (unpaired) electrons. The fourth-order valence-corrected chi connectivity index (χ4v) is 2.49. The van der Waals surface area contributed by atoms with Crippen LogP contribution in [-0.4, -0.2) is 25.8 Å². The van der Waals surface area contributed by atoms with E-state index >= 15 is 0 Å². The first-order valence-electron chi connectivity index (χ1n) is 9.60. The summed E-state index contributed by atoms with van der Waals surface area (Å²) in [6, 6.07) is 16.4. The first-order valence-corrected chi connectivity index (χ1v) is 9.60. The molecule has 4 heteroatoms. The summed E-state index contributed by atoms with van der Waals surface area (Å²) in [6.45, 7) is 9.67. The topological polar surface area (TPSA) is 42.5 Å². The number of hydrogen-bond donors (Lipinski definition) is 2. The number of anilines is 1. The van der Waals surface area contributed by atoms with Crippen molar-refractivity contribution < 1.29 is 9.47 Å². The maximum absolute atomic E-state index is 5.67. The van der Waals surface area contributed by atoms with E-state index in [0.717, 1.165) is 56.3 Å². The molecular weight excluding hydrogens is 324 g/mol. The van der Waals surface area contributed by atoms with Gasteiger partial charge >= 0.3 is 0 Å². The van der Waals surface area contributed by atoms with E-state index in [1.165, 1.54) is 5.56 Å². The monoisotopic (exact) mass is 356 g/mol. The summed E-state index contributed by atoms with van der Waals surface area (Å²) in [4.78, 5) is 0. The van der Waals surface area contributed by atoms with Crippen molar-refractivity contribution in [2.24, 2.45) is 0 Å². The summed E-state index contributed by atoms with van der Waals surface area (Å²) in [5, 5.41) is 6.87. The van der Waals surface area contributed by atoms with E-state index in [1.54, 1.807) is 0 Å². The second-order valence-corrected chi connectivity index (χ2v) is 6.64. The van der Waals surface area contributed by atoms with Gasteiger partial charge in [-0.05, 0) is 62.2 Å². The zero-order chi connectivity index (χ0) is 18.6. The Morgan fingerprint density at radius 2 is 1.58 bits per heavy atom. The Bertz CT molecular complexity index is 609. The van der Waals surface area contributed by atoms with Gasteiger partial charge in [0.15, 0.2) is 0 Å². The maximum atomic E-state index is 5.67. The molecule has 0 bridgehead atoms. The molecule has 0 aliphatic heterocycles. The second kappa shape index (κ2) is 11.4. The van der Waals surface area contributed by atoms with Crippen molar-refractivity contribution in [3.8, 4) is 11.5 Å². The fourth-order valence-electron chi connectivity index (χ4n) is 2.49. The van der Waals surface area contributed by atoms with Gasteiger partial charge in [-0.2, -0.15) is 0 Å². The molecule has 0 atom stereocenters. The SMILES string of the molecule is CCCCOc1ccc(NCCNCc2ccc(OC(C)C)cc2)cc1. The summed E-state index contributed by atoms with van der Waals surface area (Å²) in [7, 11) is 0. The Morgan fingerprint density at radius 1 is 0.885 bits per heavy atom. The molecule has 0 heterocycles. The molecule has 0 saturated heterocycles. The zero-order valence-electron chi connectivity index (χ0n) is 16.3. The summed E-state index contributed by atoms with van der Waals surface area (Å²) in [6.07, 6.45) is 2.46. The predicted molar refractivity (Wildman–Crippen MR) is 109 cm³/mol. The summed E-state index contributed by atoms with van der Waals surface area (Å²) in [5.74, 6) is 1.86. The average Bonchev–Trinajstić information content (AvgIpc) is 2.64. The Kier molecular flexibility index (Phi) is 8.84. The molecule has 0 amide bonds. The highest BCUT2D eigenvalue weighted by molar-refractivity contribution is 5.46. The van der Waals surface area contributed by atoms with Gasteiger partial charge in [-0.1, -0.05) is 25.5 Å². The van der Waals surface area contributed by atoms with Crippen molar-refractivity contribution in [2.45, 2.75) is 46.3 Å². The number of unbranched alkanes of at least 4 members (excludes halogenated alkanes) is 1. The first-order chi connectivity index (χ1) is 12.7. The molecule has 26 heavy (non-hydrogen) atoms. The van der Waals surface area contributed by atoms with Crippen LogP contribution in [0.1, 0.15) is 39.2 Å². The molecule has 2 aromatic carbocycles. The lowest BCUT2D eigenvalue weighted by Gasteiger charge is -2.11. The van der Waals surface area contributed by atoms with Crippen LogP contribution in [-0.2, 0) is 6.54 Å². The standard InChI is InChI=1S/C22H32N2O2/c1-4-5-16-25-21-12-8-20(9-13-21)24-15-14-23-17-19-6-10-22(11-7-19)26-18(2)3/h6-13,18,23-24H,4-5,14-17H2,1-3H3. The van der Waals surface area contributed by atoms with Crippen LogP contribution in [0.15, 0.2) is 48.5 Å². The lowest BCUT2D eigenvalue weighted by atomic mass is 10.2. The van der Waals surface area contributed by atoms with Crippen LogP contribution in [0, 0.1) is 0 Å². The quantitative estimate of drug-likeness (QED) is 0.533. The van der Waals surface area contributed by atoms with Gasteiger partial charge in [0.1, 0.15) is 11.5 Å². The molecule has 2 aromatic rings. The van der Waals surface area contributed by atoms with E-state index in [9.17, 15) is 0 Å². The highest BCUT2D eigenvalue weighted by atomic mass is 16.5. The van der Waals surface area contributed by atoms with Crippen molar-refractivity contribution in [3.05, 3.63) is 54.1 Å². The Labute approximate surface area is 157 Å². The molecule has 0 saturated carbocycles. The zero-order valence-corrected chi connectivity index (χ0v) is 16.3. The van der Waals surface area contributed by atoms with Gasteiger partial charge in [-0.15, -0.1) is 0 Å². The fraction of sp³-hybridized carbons (Fsp3) is 0.455. The van der Waals surface area contributed by atoms with Crippen molar-refractivity contribution in [3.63, 3.8) is 0 Å². The molecule has 4 nitrogen and oxygen atoms in total. The lowest BCUT2D eigenvalue weighted by molar-refractivity contribution is 0.242. The Morgan fingerprint density at radius 3 is 2.23 bits per heavy atom. The van der Waals surface area contributed by atoms with Crippen LogP contribution in [0.25, 0.3) is 0 Å². The number of nitrogens with one attached hydrogen (secondary N) is 2. The van der Waals surface area contributed by atoms with Crippen LogP contribution < -0.4 is 20.1 Å². The van der Waals surface area contributed by atoms with Gasteiger partial charge in [0.2, 0.25) is 0 Å². The highest BCUT2D eigenvalue weighted by Gasteiger charge is 1.99. The van der Waals surface area contributed by atoms with Gasteiger partial charge in [0.05, 0.1) is 12.7 Å². The second-order valence-electron chi connectivity index (χ2n) is 6.64. The molecular formula is C22H32N2O2. The minimum Gasteiger partial charge on any atom is -0.494 e. The molecule has 0 aromatic heterocycles. The minimum absolute atomic E-state index is 0.210. The van der Waals surface area contributed by atoms with E-state index < -0.39 is 0 Å². The Balaban J connectivity index is 1.61. The molecule has 0 aliphatic carbocycles.